The zero-order chi connectivity index (χ0) is 24.4. The van der Waals surface area contributed by atoms with Crippen molar-refractivity contribution in [2.45, 2.75) is 89.3 Å². The lowest BCUT2D eigenvalue weighted by molar-refractivity contribution is -0.0543. The van der Waals surface area contributed by atoms with Crippen LogP contribution >= 0.6 is 7.82 Å². The molecule has 1 aliphatic heterocycles. The minimum Gasteiger partial charge on any atom is -0.387 e. The Morgan fingerprint density at radius 2 is 1.73 bits per heavy atom. The van der Waals surface area contributed by atoms with E-state index >= 15 is 0 Å². The number of aliphatic hydroxyl groups is 2. The molecule has 4 atom stereocenters. The zero-order valence-electron chi connectivity index (χ0n) is 18.7. The van der Waals surface area contributed by atoms with Crippen LogP contribution in [0.15, 0.2) is 15.8 Å². The number of nitrogens with zero attached hydrogens (tertiary/aromatic N) is 1. The number of H-pyrrole nitrogens is 1. The molecule has 0 saturated carbocycles. The maximum Gasteiger partial charge on any atom is 0.469 e. The first kappa shape index (κ1) is 27.5. The number of rotatable bonds is 12. The van der Waals surface area contributed by atoms with Gasteiger partial charge in [-0.1, -0.05) is 63.7 Å². The van der Waals surface area contributed by atoms with Crippen LogP contribution in [0.1, 0.15) is 76.5 Å². The molecule has 33 heavy (non-hydrogen) atoms. The Morgan fingerprint density at radius 3 is 2.36 bits per heavy atom. The highest BCUT2D eigenvalue weighted by Gasteiger charge is 2.45. The minimum absolute atomic E-state index is 0.00521. The molecule has 1 aromatic heterocycles. The normalized spacial score (nSPS) is 22.8. The van der Waals surface area contributed by atoms with E-state index in [1.807, 2.05) is 0 Å². The van der Waals surface area contributed by atoms with Crippen molar-refractivity contribution < 1.29 is 33.8 Å². The van der Waals surface area contributed by atoms with E-state index in [2.05, 4.69) is 28.3 Å². The van der Waals surface area contributed by atoms with E-state index in [1.54, 1.807) is 0 Å². The molecule has 1 aliphatic rings. The fourth-order valence-electron chi connectivity index (χ4n) is 3.54. The zero-order valence-corrected chi connectivity index (χ0v) is 19.6. The summed E-state index contributed by atoms with van der Waals surface area (Å²) in [5, 5.41) is 20.3. The van der Waals surface area contributed by atoms with Gasteiger partial charge in [0.05, 0.1) is 6.61 Å². The van der Waals surface area contributed by atoms with Crippen LogP contribution in [0.2, 0.25) is 0 Å². The third-order valence-electron chi connectivity index (χ3n) is 5.36. The summed E-state index contributed by atoms with van der Waals surface area (Å²) in [5.74, 6) is 5.64. The van der Waals surface area contributed by atoms with Crippen LogP contribution in [0, 0.1) is 11.8 Å². The first-order valence-corrected chi connectivity index (χ1v) is 12.7. The van der Waals surface area contributed by atoms with Gasteiger partial charge in [-0.2, -0.15) is 0 Å². The van der Waals surface area contributed by atoms with Gasteiger partial charge in [0.2, 0.25) is 0 Å². The number of hydrogen-bond donors (Lipinski definition) is 5. The number of ether oxygens (including phenoxy) is 1. The standard InChI is InChI=1S/C21H33N2O9P/c1-2-3-4-5-6-7-8-9-10-11-12-15-13-23(21(27)22-19(15)26)20-18(25)17(24)16(32-20)14-31-33(28,29)30/h13,16-18,20,24-25H,2-10,14H2,1H3,(H,22,26,27)(H2,28,29,30)/t16-,17-,18+,20-/m1/s1. The van der Waals surface area contributed by atoms with Gasteiger partial charge in [0.1, 0.15) is 23.9 Å². The Kier molecular flexibility index (Phi) is 11.0. The van der Waals surface area contributed by atoms with Crippen molar-refractivity contribution >= 4 is 7.82 Å². The number of aromatic nitrogens is 2. The number of nitrogens with one attached hydrogen (secondary N) is 1. The van der Waals surface area contributed by atoms with Crippen molar-refractivity contribution in [3.05, 3.63) is 32.6 Å². The molecular formula is C21H33N2O9P. The van der Waals surface area contributed by atoms with Crippen molar-refractivity contribution in [1.82, 2.24) is 9.55 Å². The fourth-order valence-corrected chi connectivity index (χ4v) is 3.88. The molecule has 186 valence electrons. The molecule has 1 aromatic rings. The van der Waals surface area contributed by atoms with Gasteiger partial charge < -0.3 is 24.7 Å². The van der Waals surface area contributed by atoms with Crippen LogP contribution in [0.5, 0.6) is 0 Å². The number of phosphoric acid groups is 1. The van der Waals surface area contributed by atoms with Crippen LogP contribution in [-0.2, 0) is 13.8 Å². The summed E-state index contributed by atoms with van der Waals surface area (Å²) in [6.07, 6.45) is 5.15. The van der Waals surface area contributed by atoms with Gasteiger partial charge in [0.25, 0.3) is 5.56 Å². The van der Waals surface area contributed by atoms with E-state index in [0.717, 1.165) is 30.0 Å². The second kappa shape index (κ2) is 13.2. The summed E-state index contributed by atoms with van der Waals surface area (Å²) < 4.78 is 21.4. The maximum absolute atomic E-state index is 12.2. The third-order valence-corrected chi connectivity index (χ3v) is 5.85. The summed E-state index contributed by atoms with van der Waals surface area (Å²) in [7, 11) is -4.82. The lowest BCUT2D eigenvalue weighted by Crippen LogP contribution is -2.38. The second-order valence-corrected chi connectivity index (χ2v) is 9.31. The monoisotopic (exact) mass is 488 g/mol. The van der Waals surface area contributed by atoms with Crippen LogP contribution in [0.4, 0.5) is 0 Å². The molecule has 1 saturated heterocycles. The van der Waals surface area contributed by atoms with Crippen molar-refractivity contribution in [1.29, 1.82) is 0 Å². The number of phosphoric ester groups is 1. The van der Waals surface area contributed by atoms with E-state index in [9.17, 15) is 24.4 Å². The first-order chi connectivity index (χ1) is 15.6. The maximum atomic E-state index is 12.2. The van der Waals surface area contributed by atoms with Crippen LogP contribution < -0.4 is 11.2 Å². The Balaban J connectivity index is 1.97. The summed E-state index contributed by atoms with van der Waals surface area (Å²) in [6.45, 7) is 1.48. The molecule has 12 heteroatoms. The lowest BCUT2D eigenvalue weighted by atomic mass is 10.1. The minimum atomic E-state index is -4.82. The molecular weight excluding hydrogens is 455 g/mol. The van der Waals surface area contributed by atoms with Crippen LogP contribution in [-0.4, -0.2) is 54.5 Å². The first-order valence-electron chi connectivity index (χ1n) is 11.2. The summed E-state index contributed by atoms with van der Waals surface area (Å²) >= 11 is 0. The summed E-state index contributed by atoms with van der Waals surface area (Å²) in [5.41, 5.74) is -1.58. The average Bonchev–Trinajstić information content (AvgIpc) is 3.03. The molecule has 2 heterocycles. The topological polar surface area (TPSA) is 171 Å². The van der Waals surface area contributed by atoms with Gasteiger partial charge in [-0.3, -0.25) is 18.9 Å². The van der Waals surface area contributed by atoms with Gasteiger partial charge in [0, 0.05) is 12.6 Å². The van der Waals surface area contributed by atoms with Gasteiger partial charge in [-0.25, -0.2) is 9.36 Å². The highest BCUT2D eigenvalue weighted by molar-refractivity contribution is 7.46. The molecule has 11 nitrogen and oxygen atoms in total. The molecule has 1 fully saturated rings. The van der Waals surface area contributed by atoms with Gasteiger partial charge in [-0.05, 0) is 6.42 Å². The molecule has 0 spiro atoms. The van der Waals surface area contributed by atoms with Gasteiger partial charge in [-0.15, -0.1) is 0 Å². The number of aliphatic hydroxyl groups excluding tert-OH is 2. The third kappa shape index (κ3) is 8.83. The quantitative estimate of drug-likeness (QED) is 0.164. The van der Waals surface area contributed by atoms with Crippen molar-refractivity contribution in [3.63, 3.8) is 0 Å². The number of unbranched alkanes of at least 4 members (excludes halogenated alkanes) is 8. The second-order valence-electron chi connectivity index (χ2n) is 8.07. The van der Waals surface area contributed by atoms with Gasteiger partial charge in [0.15, 0.2) is 6.23 Å². The Labute approximate surface area is 192 Å². The Hall–Kier alpha value is -1.77. The molecule has 0 bridgehead atoms. The summed E-state index contributed by atoms with van der Waals surface area (Å²) in [6, 6.07) is 0. The average molecular weight is 488 g/mol. The fraction of sp³-hybridized carbons (Fsp3) is 0.714. The molecule has 0 radical (unpaired) electrons. The highest BCUT2D eigenvalue weighted by atomic mass is 31.2. The van der Waals surface area contributed by atoms with E-state index < -0.39 is 50.2 Å². The largest absolute Gasteiger partial charge is 0.469 e. The van der Waals surface area contributed by atoms with Crippen molar-refractivity contribution in [2.24, 2.45) is 0 Å². The van der Waals surface area contributed by atoms with E-state index in [4.69, 9.17) is 14.5 Å². The van der Waals surface area contributed by atoms with E-state index in [1.165, 1.54) is 32.1 Å². The SMILES string of the molecule is CCCCCCCCCCC#Cc1cn([C@@H]2O[C@H](COP(=O)(O)O)[C@@H](O)[C@@H]2O)c(=O)[nH]c1=O. The predicted molar refractivity (Wildman–Crippen MR) is 119 cm³/mol. The smallest absolute Gasteiger partial charge is 0.387 e. The van der Waals surface area contributed by atoms with Crippen molar-refractivity contribution in [3.8, 4) is 11.8 Å². The molecule has 0 amide bonds. The van der Waals surface area contributed by atoms with E-state index in [-0.39, 0.29) is 5.56 Å². The predicted octanol–water partition coefficient (Wildman–Crippen LogP) is 1.15. The molecule has 0 aliphatic carbocycles. The number of aromatic amines is 1. The molecule has 2 rings (SSSR count). The Bertz CT molecular complexity index is 974. The lowest BCUT2D eigenvalue weighted by Gasteiger charge is -2.17. The molecule has 5 N–H and O–H groups in total. The summed E-state index contributed by atoms with van der Waals surface area (Å²) in [4.78, 5) is 44.0. The van der Waals surface area contributed by atoms with Crippen molar-refractivity contribution in [2.75, 3.05) is 6.61 Å². The number of hydrogen-bond acceptors (Lipinski definition) is 7. The molecule has 0 aromatic carbocycles. The Morgan fingerprint density at radius 1 is 1.09 bits per heavy atom. The highest BCUT2D eigenvalue weighted by Crippen LogP contribution is 2.38. The molecule has 0 unspecified atom stereocenters. The van der Waals surface area contributed by atoms with Crippen LogP contribution in [0.25, 0.3) is 0 Å². The van der Waals surface area contributed by atoms with Gasteiger partial charge >= 0.3 is 13.5 Å². The van der Waals surface area contributed by atoms with E-state index in [0.29, 0.717) is 6.42 Å². The van der Waals surface area contributed by atoms with Crippen LogP contribution in [0.3, 0.4) is 0 Å².